The smallest absolute Gasteiger partial charge is 0.301 e. The van der Waals surface area contributed by atoms with Crippen molar-refractivity contribution < 1.29 is 19.5 Å². The number of primary amides is 2. The van der Waals surface area contributed by atoms with Gasteiger partial charge in [-0.05, 0) is 28.7 Å². The molecule has 2 heterocycles. The predicted octanol–water partition coefficient (Wildman–Crippen LogP) is 3.11. The molecule has 2 aromatic heterocycles. The average Bonchev–Trinajstić information content (AvgIpc) is 2.94. The molecule has 5 rings (SSSR count). The Morgan fingerprint density at radius 1 is 0.750 bits per heavy atom. The number of nitrogens with zero attached hydrogens (tertiary/aromatic N) is 2. The first-order valence-electron chi connectivity index (χ1n) is 12.5. The third kappa shape index (κ3) is 5.12. The molecule has 0 aliphatic heterocycles. The predicted molar refractivity (Wildman–Crippen MR) is 150 cm³/mol. The molecule has 3 aromatic carbocycles. The van der Waals surface area contributed by atoms with Gasteiger partial charge < -0.3 is 21.4 Å². The normalized spacial score (nSPS) is 10.9. The second kappa shape index (κ2) is 11.1. The van der Waals surface area contributed by atoms with Gasteiger partial charge in [-0.1, -0.05) is 91.0 Å². The van der Waals surface area contributed by atoms with Crippen LogP contribution in [0.4, 0.5) is 0 Å². The molecule has 40 heavy (non-hydrogen) atoms. The van der Waals surface area contributed by atoms with Crippen LogP contribution in [0.25, 0.3) is 11.0 Å². The quantitative estimate of drug-likeness (QED) is 0.264. The summed E-state index contributed by atoms with van der Waals surface area (Å²) in [5, 5.41) is 11.3. The fourth-order valence-electron chi connectivity index (χ4n) is 4.73. The van der Waals surface area contributed by atoms with Crippen LogP contribution in [0, 0.1) is 0 Å². The van der Waals surface area contributed by atoms with Gasteiger partial charge in [0, 0.05) is 6.42 Å². The number of pyridine rings is 2. The van der Waals surface area contributed by atoms with Crippen LogP contribution in [-0.2, 0) is 19.4 Å². The lowest BCUT2D eigenvalue weighted by molar-refractivity contribution is 0.0918. The van der Waals surface area contributed by atoms with E-state index < -0.39 is 28.7 Å². The molecule has 0 radical (unpaired) electrons. The summed E-state index contributed by atoms with van der Waals surface area (Å²) < 4.78 is 0.857. The number of hydrogen-bond donors (Lipinski definition) is 3. The molecule has 0 fully saturated rings. The van der Waals surface area contributed by atoms with Crippen molar-refractivity contribution in [1.82, 2.24) is 9.71 Å². The molecule has 5 aromatic rings. The minimum atomic E-state index is -1.15. The van der Waals surface area contributed by atoms with Crippen molar-refractivity contribution >= 4 is 22.8 Å². The first-order chi connectivity index (χ1) is 19.3. The highest BCUT2D eigenvalue weighted by atomic mass is 16.7. The van der Waals surface area contributed by atoms with E-state index in [0.29, 0.717) is 11.3 Å². The Morgan fingerprint density at radius 3 is 1.77 bits per heavy atom. The van der Waals surface area contributed by atoms with Crippen LogP contribution >= 0.6 is 0 Å². The third-order valence-corrected chi connectivity index (χ3v) is 6.55. The van der Waals surface area contributed by atoms with Crippen molar-refractivity contribution in [2.75, 3.05) is 0 Å². The molecule has 0 bridgehead atoms. The summed E-state index contributed by atoms with van der Waals surface area (Å²) in [4.78, 5) is 49.4. The summed E-state index contributed by atoms with van der Waals surface area (Å²) in [6, 6.07) is 27.6. The highest BCUT2D eigenvalue weighted by Crippen LogP contribution is 2.34. The standard InChI is InChI=1S/C31H26N4O5/c32-28(37)24-22(16-19-10-4-1-5-11-19)25-27(36)26(29(33)38)31(39)35(40-18-21-14-8-3-9-15-21)30(25)34-23(24)17-20-12-6-2-7-13-20/h1-15,36H,16-18H2,(H2,32,37)(H2,33,38). The summed E-state index contributed by atoms with van der Waals surface area (Å²) in [7, 11) is 0. The van der Waals surface area contributed by atoms with E-state index in [-0.39, 0.29) is 36.0 Å². The maximum atomic E-state index is 13.5. The van der Waals surface area contributed by atoms with E-state index in [1.807, 2.05) is 91.0 Å². The van der Waals surface area contributed by atoms with Gasteiger partial charge in [0.05, 0.1) is 16.6 Å². The van der Waals surface area contributed by atoms with Crippen molar-refractivity contribution in [3.8, 4) is 5.75 Å². The Kier molecular flexibility index (Phi) is 7.28. The van der Waals surface area contributed by atoms with Crippen LogP contribution in [0.5, 0.6) is 5.75 Å². The SMILES string of the molecule is NC(=O)c1c(Cc2ccccc2)nc2c(c(O)c(C(N)=O)c(=O)n2OCc2ccccc2)c1Cc1ccccc1. The molecule has 0 saturated heterocycles. The van der Waals surface area contributed by atoms with Gasteiger partial charge in [0.2, 0.25) is 0 Å². The van der Waals surface area contributed by atoms with Gasteiger partial charge in [0.15, 0.2) is 5.65 Å². The maximum Gasteiger partial charge on any atom is 0.301 e. The van der Waals surface area contributed by atoms with Crippen molar-refractivity contribution in [2.24, 2.45) is 11.5 Å². The Hall–Kier alpha value is -5.44. The number of carbonyl (C=O) groups is 2. The van der Waals surface area contributed by atoms with Gasteiger partial charge in [0.1, 0.15) is 17.9 Å². The average molecular weight is 535 g/mol. The number of aromatic nitrogens is 2. The van der Waals surface area contributed by atoms with E-state index in [9.17, 15) is 19.5 Å². The van der Waals surface area contributed by atoms with Gasteiger partial charge >= 0.3 is 5.56 Å². The number of fused-ring (bicyclic) bond motifs is 1. The number of nitrogens with two attached hydrogens (primary N) is 2. The number of amides is 2. The van der Waals surface area contributed by atoms with Crippen LogP contribution < -0.4 is 21.9 Å². The summed E-state index contributed by atoms with van der Waals surface area (Å²) >= 11 is 0. The lowest BCUT2D eigenvalue weighted by Crippen LogP contribution is -2.35. The van der Waals surface area contributed by atoms with E-state index in [4.69, 9.17) is 16.3 Å². The molecule has 0 atom stereocenters. The van der Waals surface area contributed by atoms with E-state index in [2.05, 4.69) is 4.98 Å². The van der Waals surface area contributed by atoms with Gasteiger partial charge in [-0.15, -0.1) is 4.73 Å². The molecular formula is C31H26N4O5. The second-order valence-corrected chi connectivity index (χ2v) is 9.25. The van der Waals surface area contributed by atoms with Crippen molar-refractivity contribution in [2.45, 2.75) is 19.4 Å². The van der Waals surface area contributed by atoms with Crippen molar-refractivity contribution in [1.29, 1.82) is 0 Å². The minimum Gasteiger partial charge on any atom is -0.506 e. The maximum absolute atomic E-state index is 13.5. The molecule has 0 unspecified atom stereocenters. The zero-order valence-corrected chi connectivity index (χ0v) is 21.4. The van der Waals surface area contributed by atoms with Crippen molar-refractivity contribution in [3.63, 3.8) is 0 Å². The molecule has 5 N–H and O–H groups in total. The molecule has 0 saturated carbocycles. The number of rotatable bonds is 9. The highest BCUT2D eigenvalue weighted by molar-refractivity contribution is 6.06. The lowest BCUT2D eigenvalue weighted by Gasteiger charge is -2.20. The number of hydrogen-bond acceptors (Lipinski definition) is 6. The van der Waals surface area contributed by atoms with E-state index in [1.54, 1.807) is 0 Å². The summed E-state index contributed by atoms with van der Waals surface area (Å²) in [6.45, 7) is -0.0416. The molecule has 9 nitrogen and oxygen atoms in total. The number of carbonyl (C=O) groups excluding carboxylic acids is 2. The van der Waals surface area contributed by atoms with Crippen molar-refractivity contribution in [3.05, 3.63) is 140 Å². The van der Waals surface area contributed by atoms with Crippen LogP contribution in [0.1, 0.15) is 48.7 Å². The zero-order chi connectivity index (χ0) is 28.2. The van der Waals surface area contributed by atoms with Gasteiger partial charge in [-0.25, -0.2) is 4.98 Å². The second-order valence-electron chi connectivity index (χ2n) is 9.25. The Labute approximate surface area is 229 Å². The Morgan fingerprint density at radius 2 is 1.25 bits per heavy atom. The zero-order valence-electron chi connectivity index (χ0n) is 21.4. The monoisotopic (exact) mass is 534 g/mol. The molecule has 0 aliphatic rings. The molecule has 200 valence electrons. The fourth-order valence-corrected chi connectivity index (χ4v) is 4.73. The summed E-state index contributed by atoms with van der Waals surface area (Å²) in [5.41, 5.74) is 12.8. The van der Waals surface area contributed by atoms with Gasteiger partial charge in [0.25, 0.3) is 11.8 Å². The number of aromatic hydroxyl groups is 1. The van der Waals surface area contributed by atoms with Crippen LogP contribution in [0.2, 0.25) is 0 Å². The first-order valence-corrected chi connectivity index (χ1v) is 12.5. The number of benzene rings is 3. The summed E-state index contributed by atoms with van der Waals surface area (Å²) in [6.07, 6.45) is 0.352. The minimum absolute atomic E-state index is 0.0177. The van der Waals surface area contributed by atoms with Gasteiger partial charge in [-0.3, -0.25) is 14.4 Å². The molecule has 9 heteroatoms. The lowest BCUT2D eigenvalue weighted by atomic mass is 9.92. The molecular weight excluding hydrogens is 508 g/mol. The highest BCUT2D eigenvalue weighted by Gasteiger charge is 2.29. The first kappa shape index (κ1) is 26.2. The topological polar surface area (TPSA) is 151 Å². The van der Waals surface area contributed by atoms with E-state index >= 15 is 0 Å². The molecule has 0 aliphatic carbocycles. The van der Waals surface area contributed by atoms with Crippen LogP contribution in [0.3, 0.4) is 0 Å². The van der Waals surface area contributed by atoms with Crippen LogP contribution in [0.15, 0.2) is 95.8 Å². The van der Waals surface area contributed by atoms with Gasteiger partial charge in [-0.2, -0.15) is 0 Å². The molecule has 0 spiro atoms. The Bertz CT molecular complexity index is 1770. The molecule has 2 amide bonds. The largest absolute Gasteiger partial charge is 0.506 e. The van der Waals surface area contributed by atoms with E-state index in [0.717, 1.165) is 21.4 Å². The summed E-state index contributed by atoms with van der Waals surface area (Å²) in [5.74, 6) is -2.60. The fraction of sp³-hybridized carbons (Fsp3) is 0.0968. The Balaban J connectivity index is 1.85. The third-order valence-electron chi connectivity index (χ3n) is 6.55. The van der Waals surface area contributed by atoms with Crippen LogP contribution in [-0.4, -0.2) is 26.6 Å². The van der Waals surface area contributed by atoms with E-state index in [1.165, 1.54) is 0 Å².